The van der Waals surface area contributed by atoms with Gasteiger partial charge in [-0.2, -0.15) is 0 Å². The number of anilines is 1. The largest absolute Gasteiger partial charge is 0.344 e. The third kappa shape index (κ3) is 3.22. The van der Waals surface area contributed by atoms with E-state index in [1.807, 2.05) is 39.9 Å². The lowest BCUT2D eigenvalue weighted by Crippen LogP contribution is -2.48. The fourth-order valence-electron chi connectivity index (χ4n) is 3.04. The average Bonchev–Trinajstić information content (AvgIpc) is 3.47. The maximum Gasteiger partial charge on any atom is 0.273 e. The molecule has 5 heterocycles. The van der Waals surface area contributed by atoms with Crippen molar-refractivity contribution in [3.63, 3.8) is 0 Å². The number of thiophene rings is 1. The molecule has 0 atom stereocenters. The fourth-order valence-corrected chi connectivity index (χ4v) is 5.61. The zero-order chi connectivity index (χ0) is 18.2. The molecule has 0 spiro atoms. The number of carbonyl (C=O) groups excluding carboxylic acids is 1. The van der Waals surface area contributed by atoms with Crippen molar-refractivity contribution in [2.45, 2.75) is 0 Å². The van der Waals surface area contributed by atoms with E-state index in [2.05, 4.69) is 19.9 Å². The maximum atomic E-state index is 12.8. The zero-order valence-corrected chi connectivity index (χ0v) is 16.7. The molecule has 0 aromatic carbocycles. The van der Waals surface area contributed by atoms with Crippen LogP contribution >= 0.6 is 34.0 Å². The zero-order valence-electron chi connectivity index (χ0n) is 14.2. The highest BCUT2D eigenvalue weighted by Crippen LogP contribution is 2.29. The van der Waals surface area contributed by atoms with Gasteiger partial charge in [0.25, 0.3) is 5.91 Å². The van der Waals surface area contributed by atoms with E-state index in [1.165, 1.54) is 11.3 Å². The molecule has 0 aliphatic carbocycles. The molecule has 136 valence electrons. The summed E-state index contributed by atoms with van der Waals surface area (Å²) in [4.78, 5) is 32.5. The quantitative estimate of drug-likeness (QED) is 0.511. The number of nitrogens with zero attached hydrogens (tertiary/aromatic N) is 5. The van der Waals surface area contributed by atoms with Gasteiger partial charge in [-0.3, -0.25) is 4.79 Å². The van der Waals surface area contributed by atoms with E-state index in [0.29, 0.717) is 18.8 Å². The van der Waals surface area contributed by atoms with Crippen LogP contribution in [0.4, 0.5) is 5.13 Å². The molecule has 27 heavy (non-hydrogen) atoms. The first-order valence-corrected chi connectivity index (χ1v) is 11.1. The van der Waals surface area contributed by atoms with Gasteiger partial charge in [0, 0.05) is 37.8 Å². The van der Waals surface area contributed by atoms with Crippen molar-refractivity contribution in [1.29, 1.82) is 0 Å². The minimum absolute atomic E-state index is 0.0136. The average molecular weight is 414 g/mol. The van der Waals surface area contributed by atoms with E-state index in [-0.39, 0.29) is 5.91 Å². The Morgan fingerprint density at radius 3 is 2.70 bits per heavy atom. The van der Waals surface area contributed by atoms with Crippen molar-refractivity contribution >= 4 is 55.4 Å². The Hall–Kier alpha value is -2.36. The summed E-state index contributed by atoms with van der Waals surface area (Å²) in [6.07, 6.45) is 1.79. The van der Waals surface area contributed by atoms with E-state index < -0.39 is 0 Å². The molecule has 1 aliphatic rings. The van der Waals surface area contributed by atoms with E-state index in [4.69, 9.17) is 0 Å². The predicted octanol–water partition coefficient (Wildman–Crippen LogP) is 3.84. The van der Waals surface area contributed by atoms with Crippen LogP contribution in [0.15, 0.2) is 41.2 Å². The molecular weight excluding hydrogens is 398 g/mol. The minimum Gasteiger partial charge on any atom is -0.344 e. The first-order chi connectivity index (χ1) is 13.3. The number of fused-ring (bicyclic) bond motifs is 1. The molecule has 1 amide bonds. The monoisotopic (exact) mass is 413 g/mol. The number of pyridine rings is 1. The van der Waals surface area contributed by atoms with Crippen LogP contribution < -0.4 is 4.90 Å². The normalized spacial score (nSPS) is 14.8. The second-order valence-electron chi connectivity index (χ2n) is 6.12. The summed E-state index contributed by atoms with van der Waals surface area (Å²) < 4.78 is 0. The van der Waals surface area contributed by atoms with Crippen LogP contribution in [-0.2, 0) is 0 Å². The number of aromatic nitrogens is 3. The molecule has 0 N–H and O–H groups in total. The predicted molar refractivity (Wildman–Crippen MR) is 111 cm³/mol. The number of hydrogen-bond donors (Lipinski definition) is 0. The molecule has 4 aromatic heterocycles. The first kappa shape index (κ1) is 16.8. The van der Waals surface area contributed by atoms with E-state index in [9.17, 15) is 4.79 Å². The highest BCUT2D eigenvalue weighted by atomic mass is 32.1. The summed E-state index contributed by atoms with van der Waals surface area (Å²) in [7, 11) is 0. The molecule has 4 aromatic rings. The van der Waals surface area contributed by atoms with Gasteiger partial charge in [-0.05, 0) is 23.6 Å². The highest BCUT2D eigenvalue weighted by molar-refractivity contribution is 7.21. The summed E-state index contributed by atoms with van der Waals surface area (Å²) in [6.45, 7) is 2.89. The van der Waals surface area contributed by atoms with Gasteiger partial charge in [0.15, 0.2) is 5.13 Å². The third-order valence-electron chi connectivity index (χ3n) is 4.45. The van der Waals surface area contributed by atoms with Crippen LogP contribution in [0.25, 0.3) is 20.2 Å². The number of rotatable bonds is 3. The molecule has 5 rings (SSSR count). The fraction of sp³-hybridized carbons (Fsp3) is 0.222. The van der Waals surface area contributed by atoms with Gasteiger partial charge in [-0.25, -0.2) is 15.0 Å². The molecule has 1 aliphatic heterocycles. The standard InChI is InChI=1S/C18H15N5OS3/c24-17(13-11-26-16(20-13)14-4-2-10-25-14)22-6-8-23(9-7-22)18-21-12-3-1-5-19-15(12)27-18/h1-5,10-11H,6-9H2. The van der Waals surface area contributed by atoms with E-state index in [1.54, 1.807) is 28.9 Å². The van der Waals surface area contributed by atoms with Gasteiger partial charge in [0.05, 0.1) is 4.88 Å². The van der Waals surface area contributed by atoms with Crippen LogP contribution in [0, 0.1) is 0 Å². The van der Waals surface area contributed by atoms with E-state index in [0.717, 1.165) is 38.5 Å². The number of thiazole rings is 2. The number of piperazine rings is 1. The lowest BCUT2D eigenvalue weighted by molar-refractivity contribution is 0.0742. The van der Waals surface area contributed by atoms with Crippen molar-refractivity contribution < 1.29 is 4.79 Å². The van der Waals surface area contributed by atoms with Crippen LogP contribution in [0.2, 0.25) is 0 Å². The van der Waals surface area contributed by atoms with Gasteiger partial charge in [0.1, 0.15) is 21.0 Å². The number of hydrogen-bond acceptors (Lipinski definition) is 8. The van der Waals surface area contributed by atoms with Crippen molar-refractivity contribution in [2.24, 2.45) is 0 Å². The molecule has 0 bridgehead atoms. The summed E-state index contributed by atoms with van der Waals surface area (Å²) in [6, 6.07) is 7.92. The van der Waals surface area contributed by atoms with Crippen molar-refractivity contribution in [1.82, 2.24) is 19.9 Å². The molecule has 0 saturated carbocycles. The van der Waals surface area contributed by atoms with Crippen LogP contribution in [0.1, 0.15) is 10.5 Å². The maximum absolute atomic E-state index is 12.8. The first-order valence-electron chi connectivity index (χ1n) is 8.53. The lowest BCUT2D eigenvalue weighted by Gasteiger charge is -2.34. The third-order valence-corrected chi connectivity index (χ3v) is 7.37. The number of carbonyl (C=O) groups is 1. The van der Waals surface area contributed by atoms with Gasteiger partial charge in [-0.15, -0.1) is 22.7 Å². The Morgan fingerprint density at radius 2 is 1.93 bits per heavy atom. The Labute approximate surface area is 167 Å². The Kier molecular flexibility index (Phi) is 4.35. The van der Waals surface area contributed by atoms with Crippen molar-refractivity contribution in [3.8, 4) is 9.88 Å². The molecular formula is C18H15N5OS3. The molecule has 1 fully saturated rings. The van der Waals surface area contributed by atoms with Crippen molar-refractivity contribution in [3.05, 3.63) is 46.9 Å². The molecule has 1 saturated heterocycles. The molecule has 0 radical (unpaired) electrons. The number of amides is 1. The Balaban J connectivity index is 1.26. The van der Waals surface area contributed by atoms with Gasteiger partial charge in [-0.1, -0.05) is 17.4 Å². The second kappa shape index (κ2) is 6.99. The minimum atomic E-state index is 0.0136. The van der Waals surface area contributed by atoms with Crippen LogP contribution in [0.3, 0.4) is 0 Å². The topological polar surface area (TPSA) is 62.2 Å². The molecule has 0 unspecified atom stereocenters. The van der Waals surface area contributed by atoms with Crippen molar-refractivity contribution in [2.75, 3.05) is 31.1 Å². The lowest BCUT2D eigenvalue weighted by atomic mass is 10.3. The SMILES string of the molecule is O=C(c1csc(-c2cccs2)n1)N1CCN(c2nc3cccnc3s2)CC1. The summed E-state index contributed by atoms with van der Waals surface area (Å²) in [5, 5.41) is 5.77. The van der Waals surface area contributed by atoms with Gasteiger partial charge >= 0.3 is 0 Å². The Morgan fingerprint density at radius 1 is 1.04 bits per heavy atom. The smallest absolute Gasteiger partial charge is 0.273 e. The van der Waals surface area contributed by atoms with Crippen LogP contribution in [0.5, 0.6) is 0 Å². The summed E-state index contributed by atoms with van der Waals surface area (Å²) >= 11 is 4.77. The Bertz CT molecular complexity index is 1050. The van der Waals surface area contributed by atoms with Gasteiger partial charge in [0.2, 0.25) is 0 Å². The molecule has 6 nitrogen and oxygen atoms in total. The van der Waals surface area contributed by atoms with E-state index >= 15 is 0 Å². The molecule has 9 heteroatoms. The highest BCUT2D eigenvalue weighted by Gasteiger charge is 2.25. The summed E-state index contributed by atoms with van der Waals surface area (Å²) in [5.74, 6) is 0.0136. The second-order valence-corrected chi connectivity index (χ2v) is 8.88. The van der Waals surface area contributed by atoms with Gasteiger partial charge < -0.3 is 9.80 Å². The van der Waals surface area contributed by atoms with Crippen LogP contribution in [-0.4, -0.2) is 51.9 Å². The summed E-state index contributed by atoms with van der Waals surface area (Å²) in [5.41, 5.74) is 1.47.